The van der Waals surface area contributed by atoms with Crippen LogP contribution in [0.1, 0.15) is 79.1 Å². The van der Waals surface area contributed by atoms with E-state index in [1.54, 1.807) is 0 Å². The first-order valence-corrected chi connectivity index (χ1v) is 8.71. The van der Waals surface area contributed by atoms with Crippen LogP contribution in [0.15, 0.2) is 24.8 Å². The summed E-state index contributed by atoms with van der Waals surface area (Å²) in [5.74, 6) is 0.656. The third-order valence-corrected chi connectivity index (χ3v) is 6.01. The van der Waals surface area contributed by atoms with Gasteiger partial charge in [-0.05, 0) is 76.5 Å². The Bertz CT molecular complexity index is 408. The molecule has 1 aliphatic heterocycles. The van der Waals surface area contributed by atoms with Crippen molar-refractivity contribution >= 4 is 0 Å². The molecular weight excluding hydrogens is 256 g/mol. The van der Waals surface area contributed by atoms with Gasteiger partial charge in [-0.3, -0.25) is 0 Å². The van der Waals surface area contributed by atoms with Crippen LogP contribution in [-0.2, 0) is 4.74 Å². The molecule has 0 radical (unpaired) electrons. The van der Waals surface area contributed by atoms with E-state index in [0.29, 0.717) is 11.3 Å². The fraction of sp³-hybridized carbons (Fsp3) is 0.800. The predicted molar refractivity (Wildman–Crippen MR) is 91.4 cm³/mol. The number of allylic oxidation sites excluding steroid dienone is 1. The molecule has 0 amide bonds. The standard InChI is InChI=1S/C20H34O/c1-7-19(5)13-9-14-20(6,21-19)15-11-17-16(2)10-8-12-18(17,3)4/h7,17H,1-2,8-15H2,3-6H3. The molecule has 21 heavy (non-hydrogen) atoms. The van der Waals surface area contributed by atoms with Crippen molar-refractivity contribution in [2.24, 2.45) is 11.3 Å². The Morgan fingerprint density at radius 3 is 2.48 bits per heavy atom. The lowest BCUT2D eigenvalue weighted by molar-refractivity contribution is -0.155. The second-order valence-corrected chi connectivity index (χ2v) is 8.51. The zero-order valence-electron chi connectivity index (χ0n) is 14.6. The molecule has 0 aromatic carbocycles. The minimum absolute atomic E-state index is 0.00893. The van der Waals surface area contributed by atoms with Crippen LogP contribution >= 0.6 is 0 Å². The van der Waals surface area contributed by atoms with E-state index in [4.69, 9.17) is 4.74 Å². The molecule has 1 saturated heterocycles. The molecule has 1 heterocycles. The molecule has 3 atom stereocenters. The van der Waals surface area contributed by atoms with Gasteiger partial charge in [0.1, 0.15) is 0 Å². The molecule has 1 heteroatoms. The second kappa shape index (κ2) is 5.91. The summed E-state index contributed by atoms with van der Waals surface area (Å²) in [5, 5.41) is 0. The smallest absolute Gasteiger partial charge is 0.0839 e. The summed E-state index contributed by atoms with van der Waals surface area (Å²) in [5.41, 5.74) is 1.75. The van der Waals surface area contributed by atoms with Crippen molar-refractivity contribution in [3.05, 3.63) is 24.8 Å². The molecule has 1 saturated carbocycles. The zero-order chi connectivity index (χ0) is 15.7. The molecular formula is C20H34O. The van der Waals surface area contributed by atoms with Gasteiger partial charge in [0, 0.05) is 0 Å². The summed E-state index contributed by atoms with van der Waals surface area (Å²) in [6.45, 7) is 17.6. The maximum Gasteiger partial charge on any atom is 0.0839 e. The van der Waals surface area contributed by atoms with E-state index in [-0.39, 0.29) is 11.2 Å². The third kappa shape index (κ3) is 3.80. The van der Waals surface area contributed by atoms with Gasteiger partial charge in [0.2, 0.25) is 0 Å². The predicted octanol–water partition coefficient (Wildman–Crippen LogP) is 6.05. The number of hydrogen-bond acceptors (Lipinski definition) is 1. The molecule has 2 fully saturated rings. The Labute approximate surface area is 131 Å². The van der Waals surface area contributed by atoms with Crippen LogP contribution in [-0.4, -0.2) is 11.2 Å². The molecule has 0 spiro atoms. The Kier molecular flexibility index (Phi) is 4.73. The van der Waals surface area contributed by atoms with E-state index in [1.807, 2.05) is 6.08 Å². The van der Waals surface area contributed by atoms with E-state index in [0.717, 1.165) is 12.8 Å². The third-order valence-electron chi connectivity index (χ3n) is 6.01. The number of rotatable bonds is 4. The van der Waals surface area contributed by atoms with Crippen LogP contribution in [0, 0.1) is 11.3 Å². The van der Waals surface area contributed by atoms with Crippen LogP contribution in [0.5, 0.6) is 0 Å². The maximum atomic E-state index is 6.46. The van der Waals surface area contributed by atoms with E-state index in [9.17, 15) is 0 Å². The zero-order valence-corrected chi connectivity index (χ0v) is 14.6. The largest absolute Gasteiger partial charge is 0.365 e. The highest BCUT2D eigenvalue weighted by Gasteiger charge is 2.40. The lowest BCUT2D eigenvalue weighted by Crippen LogP contribution is -2.44. The van der Waals surface area contributed by atoms with Crippen LogP contribution in [0.4, 0.5) is 0 Å². The van der Waals surface area contributed by atoms with E-state index in [2.05, 4.69) is 40.9 Å². The molecule has 0 aromatic heterocycles. The van der Waals surface area contributed by atoms with Gasteiger partial charge in [0.05, 0.1) is 11.2 Å². The Balaban J connectivity index is 2.01. The molecule has 120 valence electrons. The monoisotopic (exact) mass is 290 g/mol. The van der Waals surface area contributed by atoms with Crippen LogP contribution in [0.25, 0.3) is 0 Å². The van der Waals surface area contributed by atoms with Crippen molar-refractivity contribution in [3.63, 3.8) is 0 Å². The highest BCUT2D eigenvalue weighted by molar-refractivity contribution is 5.10. The van der Waals surface area contributed by atoms with Crippen molar-refractivity contribution < 1.29 is 4.74 Å². The molecule has 1 nitrogen and oxygen atoms in total. The van der Waals surface area contributed by atoms with Gasteiger partial charge < -0.3 is 4.74 Å². The molecule has 0 bridgehead atoms. The minimum Gasteiger partial charge on any atom is -0.365 e. The average molecular weight is 290 g/mol. The van der Waals surface area contributed by atoms with Gasteiger partial charge in [-0.15, -0.1) is 6.58 Å². The summed E-state index contributed by atoms with van der Waals surface area (Å²) in [4.78, 5) is 0. The van der Waals surface area contributed by atoms with Gasteiger partial charge in [-0.25, -0.2) is 0 Å². The maximum absolute atomic E-state index is 6.46. The molecule has 2 aliphatic rings. The van der Waals surface area contributed by atoms with Crippen molar-refractivity contribution in [2.45, 2.75) is 90.3 Å². The fourth-order valence-electron chi connectivity index (χ4n) is 4.51. The van der Waals surface area contributed by atoms with Crippen molar-refractivity contribution in [3.8, 4) is 0 Å². The fourth-order valence-corrected chi connectivity index (χ4v) is 4.51. The summed E-state index contributed by atoms with van der Waals surface area (Å²) in [6, 6.07) is 0. The van der Waals surface area contributed by atoms with Crippen LogP contribution < -0.4 is 0 Å². The van der Waals surface area contributed by atoms with Crippen molar-refractivity contribution in [1.82, 2.24) is 0 Å². The Hall–Kier alpha value is -0.560. The molecule has 3 unspecified atom stereocenters. The van der Waals surface area contributed by atoms with E-state index < -0.39 is 0 Å². The molecule has 0 aromatic rings. The molecule has 1 aliphatic carbocycles. The van der Waals surface area contributed by atoms with Gasteiger partial charge in [-0.1, -0.05) is 32.1 Å². The normalized spacial score (nSPS) is 40.0. The second-order valence-electron chi connectivity index (χ2n) is 8.51. The van der Waals surface area contributed by atoms with Gasteiger partial charge in [0.15, 0.2) is 0 Å². The van der Waals surface area contributed by atoms with Crippen molar-refractivity contribution in [1.29, 1.82) is 0 Å². The summed E-state index contributed by atoms with van der Waals surface area (Å²) >= 11 is 0. The molecule has 0 N–H and O–H groups in total. The first-order chi connectivity index (χ1) is 9.70. The van der Waals surface area contributed by atoms with Crippen LogP contribution in [0.2, 0.25) is 0 Å². The average Bonchev–Trinajstić information content (AvgIpc) is 2.37. The minimum atomic E-state index is -0.133. The van der Waals surface area contributed by atoms with Gasteiger partial charge in [-0.2, -0.15) is 0 Å². The lowest BCUT2D eigenvalue weighted by atomic mass is 9.64. The summed E-state index contributed by atoms with van der Waals surface area (Å²) in [7, 11) is 0. The topological polar surface area (TPSA) is 9.23 Å². The van der Waals surface area contributed by atoms with Crippen LogP contribution in [0.3, 0.4) is 0 Å². The van der Waals surface area contributed by atoms with E-state index >= 15 is 0 Å². The first-order valence-electron chi connectivity index (χ1n) is 8.71. The van der Waals surface area contributed by atoms with E-state index in [1.165, 1.54) is 44.1 Å². The highest BCUT2D eigenvalue weighted by Crippen LogP contribution is 2.47. The SMILES string of the molecule is C=CC1(C)CCCC(C)(CCC2C(=C)CCCC2(C)C)O1. The van der Waals surface area contributed by atoms with Gasteiger partial charge in [0.25, 0.3) is 0 Å². The Morgan fingerprint density at radius 2 is 1.86 bits per heavy atom. The number of hydrogen-bond donors (Lipinski definition) is 0. The number of ether oxygens (including phenoxy) is 1. The van der Waals surface area contributed by atoms with Gasteiger partial charge >= 0.3 is 0 Å². The quantitative estimate of drug-likeness (QED) is 0.572. The lowest BCUT2D eigenvalue weighted by Gasteiger charge is -2.46. The molecule has 2 rings (SSSR count). The summed E-state index contributed by atoms with van der Waals surface area (Å²) in [6.07, 6.45) is 11.7. The first kappa shape index (κ1) is 16.8. The van der Waals surface area contributed by atoms with Crippen molar-refractivity contribution in [2.75, 3.05) is 0 Å². The summed E-state index contributed by atoms with van der Waals surface area (Å²) < 4.78 is 6.46. The highest BCUT2D eigenvalue weighted by atomic mass is 16.5. The Morgan fingerprint density at radius 1 is 1.14 bits per heavy atom.